The highest BCUT2D eigenvalue weighted by Gasteiger charge is 2.27. The van der Waals surface area contributed by atoms with Crippen molar-refractivity contribution in [2.45, 2.75) is 37.4 Å². The predicted molar refractivity (Wildman–Crippen MR) is 132 cm³/mol. The number of fused-ring (bicyclic) bond motifs is 3. The maximum Gasteiger partial charge on any atom is 0.267 e. The van der Waals surface area contributed by atoms with Gasteiger partial charge in [0, 0.05) is 19.5 Å². The van der Waals surface area contributed by atoms with Gasteiger partial charge in [-0.2, -0.15) is 0 Å². The van der Waals surface area contributed by atoms with Crippen molar-refractivity contribution in [1.29, 1.82) is 0 Å². The molecule has 1 unspecified atom stereocenters. The topological polar surface area (TPSA) is 68.9 Å². The molecule has 33 heavy (non-hydrogen) atoms. The lowest BCUT2D eigenvalue weighted by Gasteiger charge is -2.26. The van der Waals surface area contributed by atoms with Crippen molar-refractivity contribution >= 4 is 39.2 Å². The van der Waals surface area contributed by atoms with Gasteiger partial charge in [0.15, 0.2) is 5.16 Å². The minimum absolute atomic E-state index is 0.0462. The summed E-state index contributed by atoms with van der Waals surface area (Å²) in [5.41, 5.74) is 1.85. The minimum atomic E-state index is -0.0462. The number of hydrogen-bond donors (Lipinski definition) is 1. The van der Waals surface area contributed by atoms with Crippen LogP contribution in [0.4, 0.5) is 0 Å². The molecule has 2 aliphatic rings. The Labute approximate surface area is 201 Å². The molecule has 0 bridgehead atoms. The van der Waals surface area contributed by atoms with Gasteiger partial charge in [0.25, 0.3) is 5.56 Å². The maximum atomic E-state index is 13.8. The molecule has 0 spiro atoms. The first-order chi connectivity index (χ1) is 16.0. The van der Waals surface area contributed by atoms with Crippen LogP contribution in [0.2, 0.25) is 0 Å². The van der Waals surface area contributed by atoms with E-state index in [0.717, 1.165) is 72.7 Å². The molecule has 174 valence electrons. The highest BCUT2D eigenvalue weighted by molar-refractivity contribution is 7.99. The number of likely N-dealkylation sites (N-methyl/N-ethyl adjacent to an activating group) is 1. The van der Waals surface area contributed by atoms with Crippen molar-refractivity contribution in [2.24, 2.45) is 0 Å². The van der Waals surface area contributed by atoms with E-state index < -0.39 is 0 Å². The number of carbonyl (C=O) groups excluding carboxylic acids is 1. The van der Waals surface area contributed by atoms with Crippen molar-refractivity contribution in [2.75, 3.05) is 39.5 Å². The number of rotatable bonds is 5. The number of quaternary nitrogens is 1. The number of nitrogens with one attached hydrogen (secondary N) is 1. The van der Waals surface area contributed by atoms with E-state index in [1.807, 2.05) is 29.2 Å². The summed E-state index contributed by atoms with van der Waals surface area (Å²) in [6, 6.07) is 7.45. The van der Waals surface area contributed by atoms with Gasteiger partial charge >= 0.3 is 0 Å². The summed E-state index contributed by atoms with van der Waals surface area (Å²) in [4.78, 5) is 37.0. The van der Waals surface area contributed by atoms with Crippen LogP contribution in [0.1, 0.15) is 29.7 Å². The number of hydrogen-bond acceptors (Lipinski definition) is 6. The Bertz CT molecular complexity index is 1230. The van der Waals surface area contributed by atoms with Crippen LogP contribution in [0.3, 0.4) is 0 Å². The molecule has 0 aliphatic carbocycles. The number of piperidine rings is 1. The lowest BCUT2D eigenvalue weighted by atomic mass is 10.1. The Balaban J connectivity index is 1.56. The molecule has 0 radical (unpaired) electrons. The SMILES string of the molecule is COc1ccc(-n2c(SCC(=O)N3CCCCC3)nc3sc4c(c3c2=O)CC[NH+](C)C4)cc1. The van der Waals surface area contributed by atoms with Crippen molar-refractivity contribution in [3.63, 3.8) is 0 Å². The van der Waals surface area contributed by atoms with Gasteiger partial charge in [0.2, 0.25) is 5.91 Å². The average Bonchev–Trinajstić information content (AvgIpc) is 3.20. The molecular formula is C24H29N4O3S2+. The van der Waals surface area contributed by atoms with Crippen molar-refractivity contribution in [3.8, 4) is 11.4 Å². The Morgan fingerprint density at radius 3 is 2.70 bits per heavy atom. The molecule has 4 heterocycles. The number of aromatic nitrogens is 2. The Morgan fingerprint density at radius 1 is 1.21 bits per heavy atom. The standard InChI is InChI=1S/C24H28N4O3S2/c1-26-13-10-18-19(14-26)33-22-21(18)23(30)28(16-6-8-17(31-2)9-7-16)24(25-22)32-15-20(29)27-11-4-3-5-12-27/h6-9H,3-5,10-15H2,1-2H3/p+1. The molecule has 1 aromatic carbocycles. The van der Waals surface area contributed by atoms with Crippen LogP contribution in [0, 0.1) is 0 Å². The molecule has 7 nitrogen and oxygen atoms in total. The summed E-state index contributed by atoms with van der Waals surface area (Å²) in [7, 11) is 3.81. The van der Waals surface area contributed by atoms with E-state index >= 15 is 0 Å². The summed E-state index contributed by atoms with van der Waals surface area (Å²) >= 11 is 2.99. The summed E-state index contributed by atoms with van der Waals surface area (Å²) in [5.74, 6) is 1.13. The van der Waals surface area contributed by atoms with Gasteiger partial charge in [-0.05, 0) is 49.1 Å². The zero-order valence-corrected chi connectivity index (χ0v) is 20.7. The number of nitrogens with zero attached hydrogens (tertiary/aromatic N) is 3. The first kappa shape index (κ1) is 22.4. The second-order valence-electron chi connectivity index (χ2n) is 8.78. The zero-order chi connectivity index (χ0) is 22.9. The van der Waals surface area contributed by atoms with Gasteiger partial charge in [-0.3, -0.25) is 14.2 Å². The van der Waals surface area contributed by atoms with Crippen LogP contribution >= 0.6 is 23.1 Å². The fourth-order valence-electron chi connectivity index (χ4n) is 4.66. The molecule has 1 saturated heterocycles. The van der Waals surface area contributed by atoms with Gasteiger partial charge in [0.1, 0.15) is 17.1 Å². The summed E-state index contributed by atoms with van der Waals surface area (Å²) in [6.45, 7) is 3.59. The quantitative estimate of drug-likeness (QED) is 0.443. The van der Waals surface area contributed by atoms with Crippen molar-refractivity contribution < 1.29 is 14.4 Å². The number of amides is 1. The first-order valence-corrected chi connectivity index (χ1v) is 13.3. The Kier molecular flexibility index (Phi) is 6.44. The number of carbonyl (C=O) groups is 1. The second kappa shape index (κ2) is 9.48. The smallest absolute Gasteiger partial charge is 0.267 e. The number of benzene rings is 1. The van der Waals surface area contributed by atoms with Gasteiger partial charge in [0.05, 0.1) is 42.4 Å². The second-order valence-corrected chi connectivity index (χ2v) is 10.8. The van der Waals surface area contributed by atoms with E-state index in [1.54, 1.807) is 23.0 Å². The van der Waals surface area contributed by atoms with Crippen LogP contribution in [0.15, 0.2) is 34.2 Å². The summed E-state index contributed by atoms with van der Waals surface area (Å²) in [6.07, 6.45) is 4.20. The minimum Gasteiger partial charge on any atom is -0.497 e. The zero-order valence-electron chi connectivity index (χ0n) is 19.1. The van der Waals surface area contributed by atoms with Gasteiger partial charge in [-0.1, -0.05) is 11.8 Å². The number of ether oxygens (including phenoxy) is 1. The van der Waals surface area contributed by atoms with Crippen molar-refractivity contribution in [1.82, 2.24) is 14.5 Å². The maximum absolute atomic E-state index is 13.8. The van der Waals surface area contributed by atoms with E-state index in [0.29, 0.717) is 5.16 Å². The first-order valence-electron chi connectivity index (χ1n) is 11.5. The third-order valence-electron chi connectivity index (χ3n) is 6.51. The van der Waals surface area contributed by atoms with Crippen LogP contribution in [-0.2, 0) is 17.8 Å². The van der Waals surface area contributed by atoms with Crippen LogP contribution in [-0.4, -0.2) is 59.9 Å². The van der Waals surface area contributed by atoms with Crippen LogP contribution in [0.25, 0.3) is 15.9 Å². The molecule has 2 aliphatic heterocycles. The Morgan fingerprint density at radius 2 is 1.97 bits per heavy atom. The number of thiophene rings is 1. The summed E-state index contributed by atoms with van der Waals surface area (Å²) < 4.78 is 6.97. The number of methoxy groups -OCH3 is 1. The lowest BCUT2D eigenvalue weighted by molar-refractivity contribution is -0.895. The normalized spacial score (nSPS) is 18.4. The highest BCUT2D eigenvalue weighted by atomic mass is 32.2. The van der Waals surface area contributed by atoms with E-state index in [4.69, 9.17) is 9.72 Å². The molecule has 9 heteroatoms. The van der Waals surface area contributed by atoms with Gasteiger partial charge in [-0.15, -0.1) is 11.3 Å². The average molecular weight is 486 g/mol. The van der Waals surface area contributed by atoms with Crippen LogP contribution < -0.4 is 15.2 Å². The van der Waals surface area contributed by atoms with Gasteiger partial charge < -0.3 is 14.5 Å². The molecule has 1 amide bonds. The van der Waals surface area contributed by atoms with Gasteiger partial charge in [-0.25, -0.2) is 4.98 Å². The molecule has 3 aromatic rings. The van der Waals surface area contributed by atoms with Crippen molar-refractivity contribution in [3.05, 3.63) is 45.1 Å². The van der Waals surface area contributed by atoms with E-state index in [-0.39, 0.29) is 17.2 Å². The van der Waals surface area contributed by atoms with E-state index in [9.17, 15) is 9.59 Å². The fraction of sp³-hybridized carbons (Fsp3) is 0.458. The van der Waals surface area contributed by atoms with E-state index in [2.05, 4.69) is 7.05 Å². The Hall–Kier alpha value is -2.36. The highest BCUT2D eigenvalue weighted by Crippen LogP contribution is 2.32. The van der Waals surface area contributed by atoms with Crippen LogP contribution in [0.5, 0.6) is 5.75 Å². The van der Waals surface area contributed by atoms with E-state index in [1.165, 1.54) is 28.0 Å². The molecule has 1 fully saturated rings. The monoisotopic (exact) mass is 485 g/mol. The number of thioether (sulfide) groups is 1. The lowest BCUT2D eigenvalue weighted by Crippen LogP contribution is -3.08. The molecule has 0 saturated carbocycles. The largest absolute Gasteiger partial charge is 0.497 e. The molecule has 2 aromatic heterocycles. The fourth-order valence-corrected chi connectivity index (χ4v) is 6.95. The predicted octanol–water partition coefficient (Wildman–Crippen LogP) is 2.13. The third-order valence-corrected chi connectivity index (χ3v) is 8.56. The third kappa shape index (κ3) is 4.41. The number of likely N-dealkylation sites (tertiary alicyclic amines) is 1. The molecule has 5 rings (SSSR count). The molecular weight excluding hydrogens is 456 g/mol. The molecule has 1 N–H and O–H groups in total. The molecule has 1 atom stereocenters. The summed E-state index contributed by atoms with van der Waals surface area (Å²) in [5, 5.41) is 1.31.